The van der Waals surface area contributed by atoms with E-state index < -0.39 is 0 Å². The Morgan fingerprint density at radius 1 is 1.39 bits per heavy atom. The number of methoxy groups -OCH3 is 1. The summed E-state index contributed by atoms with van der Waals surface area (Å²) in [5.41, 5.74) is 6.38. The molecule has 0 aromatic heterocycles. The van der Waals surface area contributed by atoms with Gasteiger partial charge in [0.1, 0.15) is 0 Å². The van der Waals surface area contributed by atoms with Gasteiger partial charge in [0, 0.05) is 26.7 Å². The summed E-state index contributed by atoms with van der Waals surface area (Å²) in [5, 5.41) is 0. The second kappa shape index (κ2) is 6.38. The summed E-state index contributed by atoms with van der Waals surface area (Å²) < 4.78 is 10.6. The summed E-state index contributed by atoms with van der Waals surface area (Å²) in [7, 11) is 1.78. The number of morpholine rings is 1. The number of nitrogens with zero attached hydrogens (tertiary/aromatic N) is 2. The molecular weight excluding hydrogens is 230 g/mol. The van der Waals surface area contributed by atoms with Gasteiger partial charge in [-0.3, -0.25) is 4.99 Å². The Balaban J connectivity index is 1.75. The highest BCUT2D eigenvalue weighted by atomic mass is 16.5. The molecule has 2 N–H and O–H groups in total. The average Bonchev–Trinajstić information content (AvgIpc) is 2.36. The third kappa shape index (κ3) is 3.36. The third-order valence-corrected chi connectivity index (χ3v) is 4.12. The maximum absolute atomic E-state index is 6.00. The molecule has 5 nitrogen and oxygen atoms in total. The normalized spacial score (nSPS) is 23.8. The molecule has 1 heterocycles. The van der Waals surface area contributed by atoms with Crippen molar-refractivity contribution in [1.82, 2.24) is 4.90 Å². The zero-order valence-electron chi connectivity index (χ0n) is 11.4. The molecule has 2 rings (SSSR count). The van der Waals surface area contributed by atoms with E-state index in [9.17, 15) is 0 Å². The lowest BCUT2D eigenvalue weighted by Crippen LogP contribution is -2.45. The van der Waals surface area contributed by atoms with Gasteiger partial charge in [-0.05, 0) is 24.7 Å². The van der Waals surface area contributed by atoms with Crippen molar-refractivity contribution in [3.63, 3.8) is 0 Å². The molecule has 0 aromatic rings. The summed E-state index contributed by atoms with van der Waals surface area (Å²) in [5.74, 6) is 0.671. The van der Waals surface area contributed by atoms with Crippen molar-refractivity contribution in [2.45, 2.75) is 25.7 Å². The quantitative estimate of drug-likeness (QED) is 0.584. The van der Waals surface area contributed by atoms with Crippen molar-refractivity contribution >= 4 is 5.96 Å². The minimum absolute atomic E-state index is 0.379. The van der Waals surface area contributed by atoms with E-state index in [-0.39, 0.29) is 0 Å². The molecule has 1 aliphatic carbocycles. The molecule has 0 atom stereocenters. The van der Waals surface area contributed by atoms with E-state index in [2.05, 4.69) is 9.89 Å². The first-order chi connectivity index (χ1) is 8.76. The van der Waals surface area contributed by atoms with Gasteiger partial charge in [0.15, 0.2) is 5.96 Å². The van der Waals surface area contributed by atoms with Crippen LogP contribution in [0.1, 0.15) is 25.7 Å². The first-order valence-corrected chi connectivity index (χ1v) is 6.87. The van der Waals surface area contributed by atoms with Crippen molar-refractivity contribution in [3.8, 4) is 0 Å². The van der Waals surface area contributed by atoms with Crippen LogP contribution in [0.4, 0.5) is 0 Å². The Bertz CT molecular complexity index is 284. The number of hydrogen-bond donors (Lipinski definition) is 1. The van der Waals surface area contributed by atoms with E-state index in [1.54, 1.807) is 7.11 Å². The smallest absolute Gasteiger partial charge is 0.191 e. The van der Waals surface area contributed by atoms with Gasteiger partial charge in [-0.1, -0.05) is 6.42 Å². The molecule has 1 saturated heterocycles. The van der Waals surface area contributed by atoms with E-state index in [4.69, 9.17) is 15.2 Å². The number of ether oxygens (including phenoxy) is 2. The highest BCUT2D eigenvalue weighted by molar-refractivity contribution is 5.78. The molecule has 1 aliphatic heterocycles. The Morgan fingerprint density at radius 3 is 2.67 bits per heavy atom. The fourth-order valence-corrected chi connectivity index (χ4v) is 2.75. The molecule has 0 unspecified atom stereocenters. The first-order valence-electron chi connectivity index (χ1n) is 6.87. The second-order valence-corrected chi connectivity index (χ2v) is 5.38. The number of hydrogen-bond acceptors (Lipinski definition) is 3. The molecule has 0 spiro atoms. The molecule has 18 heavy (non-hydrogen) atoms. The van der Waals surface area contributed by atoms with Crippen LogP contribution in [0.15, 0.2) is 4.99 Å². The van der Waals surface area contributed by atoms with Gasteiger partial charge in [-0.25, -0.2) is 0 Å². The van der Waals surface area contributed by atoms with Crippen LogP contribution in [0.25, 0.3) is 0 Å². The SMILES string of the molecule is COCC1(CCN=C(N)N2CCOCC2)CCC1. The van der Waals surface area contributed by atoms with Gasteiger partial charge in [0.2, 0.25) is 0 Å². The molecule has 5 heteroatoms. The van der Waals surface area contributed by atoms with E-state index in [1.165, 1.54) is 19.3 Å². The Hall–Kier alpha value is -0.810. The molecule has 0 radical (unpaired) electrons. The van der Waals surface area contributed by atoms with Crippen molar-refractivity contribution < 1.29 is 9.47 Å². The van der Waals surface area contributed by atoms with Crippen molar-refractivity contribution in [1.29, 1.82) is 0 Å². The lowest BCUT2D eigenvalue weighted by molar-refractivity contribution is 0.0124. The van der Waals surface area contributed by atoms with Crippen LogP contribution in [0.5, 0.6) is 0 Å². The molecule has 0 bridgehead atoms. The first kappa shape index (κ1) is 13.6. The van der Waals surface area contributed by atoms with Crippen molar-refractivity contribution in [2.75, 3.05) is 46.6 Å². The van der Waals surface area contributed by atoms with E-state index >= 15 is 0 Å². The number of aliphatic imine (C=N–C) groups is 1. The van der Waals surface area contributed by atoms with Crippen LogP contribution in [0.2, 0.25) is 0 Å². The maximum atomic E-state index is 6.00. The Kier molecular flexibility index (Phi) is 4.83. The third-order valence-electron chi connectivity index (χ3n) is 4.12. The summed E-state index contributed by atoms with van der Waals surface area (Å²) in [6.45, 7) is 4.90. The minimum atomic E-state index is 0.379. The summed E-state index contributed by atoms with van der Waals surface area (Å²) in [6.07, 6.45) is 4.96. The fourth-order valence-electron chi connectivity index (χ4n) is 2.75. The predicted molar refractivity (Wildman–Crippen MR) is 71.7 cm³/mol. The summed E-state index contributed by atoms with van der Waals surface area (Å²) in [4.78, 5) is 6.61. The van der Waals surface area contributed by atoms with Gasteiger partial charge >= 0.3 is 0 Å². The van der Waals surface area contributed by atoms with E-state index in [1.807, 2.05) is 0 Å². The van der Waals surface area contributed by atoms with Gasteiger partial charge in [0.05, 0.1) is 19.8 Å². The lowest BCUT2D eigenvalue weighted by Gasteiger charge is -2.41. The van der Waals surface area contributed by atoms with Crippen molar-refractivity contribution in [2.24, 2.45) is 16.1 Å². The lowest BCUT2D eigenvalue weighted by atomic mass is 9.67. The zero-order valence-corrected chi connectivity index (χ0v) is 11.4. The minimum Gasteiger partial charge on any atom is -0.384 e. The van der Waals surface area contributed by atoms with E-state index in [0.29, 0.717) is 11.4 Å². The summed E-state index contributed by atoms with van der Waals surface area (Å²) in [6, 6.07) is 0. The van der Waals surface area contributed by atoms with Crippen LogP contribution < -0.4 is 5.73 Å². The van der Waals surface area contributed by atoms with E-state index in [0.717, 1.165) is 45.9 Å². The molecule has 104 valence electrons. The topological polar surface area (TPSA) is 60.1 Å². The predicted octanol–water partition coefficient (Wildman–Crippen LogP) is 0.840. The van der Waals surface area contributed by atoms with Crippen molar-refractivity contribution in [3.05, 3.63) is 0 Å². The van der Waals surface area contributed by atoms with Crippen LogP contribution >= 0.6 is 0 Å². The number of nitrogens with two attached hydrogens (primary N) is 1. The van der Waals surface area contributed by atoms with Gasteiger partial charge in [-0.15, -0.1) is 0 Å². The Morgan fingerprint density at radius 2 is 2.11 bits per heavy atom. The highest BCUT2D eigenvalue weighted by Crippen LogP contribution is 2.43. The van der Waals surface area contributed by atoms with Crippen LogP contribution in [-0.4, -0.2) is 57.4 Å². The molecule has 0 amide bonds. The molecule has 0 aromatic carbocycles. The fraction of sp³-hybridized carbons (Fsp3) is 0.923. The van der Waals surface area contributed by atoms with Crippen LogP contribution in [0.3, 0.4) is 0 Å². The van der Waals surface area contributed by atoms with Gasteiger partial charge in [-0.2, -0.15) is 0 Å². The highest BCUT2D eigenvalue weighted by Gasteiger charge is 2.36. The zero-order chi connectivity index (χ0) is 12.8. The monoisotopic (exact) mass is 255 g/mol. The molecule has 2 fully saturated rings. The number of rotatable bonds is 5. The Labute approximate surface area is 109 Å². The summed E-state index contributed by atoms with van der Waals surface area (Å²) >= 11 is 0. The van der Waals surface area contributed by atoms with Crippen LogP contribution in [0, 0.1) is 5.41 Å². The molecular formula is C13H25N3O2. The van der Waals surface area contributed by atoms with Crippen LogP contribution in [-0.2, 0) is 9.47 Å². The second-order valence-electron chi connectivity index (χ2n) is 5.38. The van der Waals surface area contributed by atoms with Gasteiger partial charge in [0.25, 0.3) is 0 Å². The molecule has 2 aliphatic rings. The maximum Gasteiger partial charge on any atom is 0.191 e. The molecule has 1 saturated carbocycles. The standard InChI is InChI=1S/C13H25N3O2/c1-17-11-13(3-2-4-13)5-6-15-12(14)16-7-9-18-10-8-16/h2-11H2,1H3,(H2,14,15). The average molecular weight is 255 g/mol. The van der Waals surface area contributed by atoms with Gasteiger partial charge < -0.3 is 20.1 Å². The largest absolute Gasteiger partial charge is 0.384 e. The number of guanidine groups is 1.